The summed E-state index contributed by atoms with van der Waals surface area (Å²) in [6.45, 7) is 12.9. The molecule has 0 aliphatic carbocycles. The highest BCUT2D eigenvalue weighted by Gasteiger charge is 2.22. The lowest BCUT2D eigenvalue weighted by atomic mass is 10.2. The minimum atomic E-state index is -1.82. The lowest BCUT2D eigenvalue weighted by Crippen LogP contribution is -2.43. The van der Waals surface area contributed by atoms with Crippen molar-refractivity contribution in [1.82, 2.24) is 0 Å². The molecule has 0 aromatic heterocycles. The molecule has 3 nitrogen and oxygen atoms in total. The van der Waals surface area contributed by atoms with Gasteiger partial charge in [0.15, 0.2) is 0 Å². The molecule has 0 aliphatic rings. The Morgan fingerprint density at radius 3 is 1.84 bits per heavy atom. The van der Waals surface area contributed by atoms with Gasteiger partial charge in [-0.3, -0.25) is 0 Å². The molecule has 1 aromatic carbocycles. The molecule has 0 N–H and O–H groups in total. The highest BCUT2D eigenvalue weighted by atomic mass is 28.4. The molecule has 0 fully saturated rings. The third-order valence-electron chi connectivity index (χ3n) is 2.90. The maximum atomic E-state index is 11.9. The third kappa shape index (κ3) is 4.83. The molecule has 0 bridgehead atoms. The fourth-order valence-corrected chi connectivity index (χ4v) is 3.14. The Morgan fingerprint density at radius 1 is 1.00 bits per heavy atom. The molecule has 0 heterocycles. The van der Waals surface area contributed by atoms with Crippen molar-refractivity contribution >= 4 is 28.2 Å². The van der Waals surface area contributed by atoms with Gasteiger partial charge in [0.25, 0.3) is 0 Å². The molecule has 5 heteroatoms. The van der Waals surface area contributed by atoms with Crippen LogP contribution in [-0.4, -0.2) is 29.6 Å². The Bertz CT molecular complexity index is 444. The Kier molecular flexibility index (Phi) is 4.63. The lowest BCUT2D eigenvalue weighted by molar-refractivity contribution is 0.0724. The first-order valence-corrected chi connectivity index (χ1v) is 13.4. The summed E-state index contributed by atoms with van der Waals surface area (Å²) < 4.78 is 7.81. The average molecular weight is 296 g/mol. The van der Waals surface area contributed by atoms with Crippen LogP contribution in [-0.2, 0) is 4.43 Å². The van der Waals surface area contributed by atoms with Crippen molar-refractivity contribution in [3.63, 3.8) is 0 Å². The maximum Gasteiger partial charge on any atom is 0.324 e. The van der Waals surface area contributed by atoms with Crippen molar-refractivity contribution in [3.05, 3.63) is 29.8 Å². The first-order chi connectivity index (χ1) is 8.50. The van der Waals surface area contributed by atoms with Gasteiger partial charge in [0, 0.05) is 5.69 Å². The van der Waals surface area contributed by atoms with Crippen LogP contribution in [0.2, 0.25) is 39.3 Å². The normalized spacial score (nSPS) is 12.2. The summed E-state index contributed by atoms with van der Waals surface area (Å²) in [6.07, 6.45) is 0. The predicted molar refractivity (Wildman–Crippen MR) is 87.0 cm³/mol. The van der Waals surface area contributed by atoms with E-state index in [2.05, 4.69) is 31.3 Å². The smallest absolute Gasteiger partial charge is 0.324 e. The lowest BCUT2D eigenvalue weighted by Gasteiger charge is -2.32. The van der Waals surface area contributed by atoms with E-state index in [4.69, 9.17) is 4.43 Å². The second-order valence-corrected chi connectivity index (χ2v) is 16.2. The van der Waals surface area contributed by atoms with Crippen molar-refractivity contribution in [1.29, 1.82) is 0 Å². The summed E-state index contributed by atoms with van der Waals surface area (Å²) in [5.74, 6) is -0.207. The molecule has 0 radical (unpaired) electrons. The fourth-order valence-electron chi connectivity index (χ4n) is 1.55. The van der Waals surface area contributed by atoms with E-state index in [1.807, 2.05) is 43.9 Å². The van der Waals surface area contributed by atoms with Gasteiger partial charge in [0.05, 0.1) is 5.56 Å². The number of hydrogen-bond acceptors (Lipinski definition) is 3. The summed E-state index contributed by atoms with van der Waals surface area (Å²) in [6, 6.07) is 7.71. The highest BCUT2D eigenvalue weighted by Crippen LogP contribution is 2.20. The van der Waals surface area contributed by atoms with Crippen molar-refractivity contribution < 1.29 is 9.22 Å². The summed E-state index contributed by atoms with van der Waals surface area (Å²) in [4.78, 5) is 11.9. The van der Waals surface area contributed by atoms with E-state index < -0.39 is 16.6 Å². The molecule has 0 unspecified atom stereocenters. The predicted octanol–water partition coefficient (Wildman–Crippen LogP) is 3.95. The largest absolute Gasteiger partial charge is 0.516 e. The van der Waals surface area contributed by atoms with Crippen LogP contribution < -0.4 is 4.57 Å². The monoisotopic (exact) mass is 295 g/mol. The number of rotatable bonds is 4. The molecule has 0 aliphatic heterocycles. The summed E-state index contributed by atoms with van der Waals surface area (Å²) in [7, 11) is -1.07. The van der Waals surface area contributed by atoms with Gasteiger partial charge in [-0.05, 0) is 51.0 Å². The van der Waals surface area contributed by atoms with Gasteiger partial charge in [-0.1, -0.05) is 19.6 Å². The molecule has 0 atom stereocenters. The zero-order valence-corrected chi connectivity index (χ0v) is 15.1. The van der Waals surface area contributed by atoms with Gasteiger partial charge in [-0.2, -0.15) is 0 Å². The van der Waals surface area contributed by atoms with Crippen LogP contribution in [0.1, 0.15) is 10.4 Å². The molecule has 19 heavy (non-hydrogen) atoms. The van der Waals surface area contributed by atoms with Crippen LogP contribution in [0, 0.1) is 0 Å². The molecule has 0 saturated heterocycles. The zero-order chi connectivity index (χ0) is 14.8. The number of hydrogen-bond donors (Lipinski definition) is 0. The van der Waals surface area contributed by atoms with Gasteiger partial charge < -0.3 is 8.99 Å². The van der Waals surface area contributed by atoms with Gasteiger partial charge >= 0.3 is 5.97 Å². The van der Waals surface area contributed by atoms with E-state index in [1.165, 1.54) is 0 Å². The first-order valence-electron chi connectivity index (χ1n) is 6.58. The van der Waals surface area contributed by atoms with Crippen molar-refractivity contribution in [2.45, 2.75) is 39.3 Å². The second-order valence-electron chi connectivity index (χ2n) is 6.78. The molecular formula is C14H25NO2Si2. The standard InChI is InChI=1S/C14H25NO2Si2/c1-15(18(2,3)4)13-10-8-12(9-11-13)14(16)17-19(5,6)7/h8-11H,1-7H3. The van der Waals surface area contributed by atoms with Crippen LogP contribution in [0.25, 0.3) is 0 Å². The molecule has 1 rings (SSSR count). The van der Waals surface area contributed by atoms with Gasteiger partial charge in [0.2, 0.25) is 8.32 Å². The van der Waals surface area contributed by atoms with Crippen molar-refractivity contribution in [2.75, 3.05) is 11.6 Å². The minimum absolute atomic E-state index is 0.207. The fraction of sp³-hybridized carbons (Fsp3) is 0.500. The Hall–Kier alpha value is -1.08. The van der Waals surface area contributed by atoms with Gasteiger partial charge in [-0.15, -0.1) is 0 Å². The van der Waals surface area contributed by atoms with E-state index in [-0.39, 0.29) is 5.97 Å². The topological polar surface area (TPSA) is 29.5 Å². The van der Waals surface area contributed by atoms with Crippen LogP contribution in [0.4, 0.5) is 5.69 Å². The van der Waals surface area contributed by atoms with E-state index in [1.54, 1.807) is 0 Å². The number of carbonyl (C=O) groups excluding carboxylic acids is 1. The summed E-state index contributed by atoms with van der Waals surface area (Å²) in [5.41, 5.74) is 1.79. The van der Waals surface area contributed by atoms with Crippen molar-refractivity contribution in [3.8, 4) is 0 Å². The van der Waals surface area contributed by atoms with E-state index in [9.17, 15) is 4.79 Å². The third-order valence-corrected chi connectivity index (χ3v) is 5.96. The first kappa shape index (κ1) is 16.0. The average Bonchev–Trinajstić information content (AvgIpc) is 2.24. The van der Waals surface area contributed by atoms with E-state index in [0.717, 1.165) is 5.69 Å². The summed E-state index contributed by atoms with van der Waals surface area (Å²) >= 11 is 0. The second kappa shape index (κ2) is 5.50. The van der Waals surface area contributed by atoms with Crippen molar-refractivity contribution in [2.24, 2.45) is 0 Å². The molecule has 0 saturated carbocycles. The number of benzene rings is 1. The van der Waals surface area contributed by atoms with Gasteiger partial charge in [-0.25, -0.2) is 4.79 Å². The van der Waals surface area contributed by atoms with Crippen LogP contribution in [0.15, 0.2) is 24.3 Å². The molecule has 1 aromatic rings. The Balaban J connectivity index is 2.85. The molecule has 106 valence electrons. The Morgan fingerprint density at radius 2 is 1.47 bits per heavy atom. The maximum absolute atomic E-state index is 11.9. The van der Waals surface area contributed by atoms with Crippen LogP contribution >= 0.6 is 0 Å². The summed E-state index contributed by atoms with van der Waals surface area (Å²) in [5, 5.41) is 0. The minimum Gasteiger partial charge on any atom is -0.516 e. The van der Waals surface area contributed by atoms with E-state index in [0.29, 0.717) is 5.56 Å². The highest BCUT2D eigenvalue weighted by molar-refractivity contribution is 6.79. The molecule has 0 amide bonds. The zero-order valence-electron chi connectivity index (χ0n) is 13.1. The number of nitrogens with zero attached hydrogens (tertiary/aromatic N) is 1. The molecular weight excluding hydrogens is 270 g/mol. The van der Waals surface area contributed by atoms with Gasteiger partial charge in [0.1, 0.15) is 8.24 Å². The quantitative estimate of drug-likeness (QED) is 0.788. The Labute approximate surface area is 118 Å². The van der Waals surface area contributed by atoms with E-state index >= 15 is 0 Å². The van der Waals surface area contributed by atoms with Crippen LogP contribution in [0.5, 0.6) is 0 Å². The molecule has 0 spiro atoms. The number of carbonyl (C=O) groups is 1. The number of anilines is 1. The SMILES string of the molecule is CN(c1ccc(C(=O)O[Si](C)(C)C)cc1)[Si](C)(C)C. The van der Waals surface area contributed by atoms with Crippen LogP contribution in [0.3, 0.4) is 0 Å².